The van der Waals surface area contributed by atoms with Crippen molar-refractivity contribution in [1.82, 2.24) is 0 Å². The fourth-order valence-electron chi connectivity index (χ4n) is 1.93. The highest BCUT2D eigenvalue weighted by atomic mass is 79.9. The number of anilines is 1. The quantitative estimate of drug-likeness (QED) is 0.742. The molecule has 1 aromatic carbocycles. The molecule has 1 amide bonds. The smallest absolute Gasteiger partial charge is 0.310 e. The Morgan fingerprint density at radius 2 is 2.11 bits per heavy atom. The zero-order valence-corrected chi connectivity index (χ0v) is 11.1. The lowest BCUT2D eigenvalue weighted by Crippen LogP contribution is -2.25. The minimum absolute atomic E-state index is 0.0474. The second kappa shape index (κ2) is 4.85. The number of alkyl halides is 4. The summed E-state index contributed by atoms with van der Waals surface area (Å²) < 4.78 is 37.7. The number of amides is 1. The maximum Gasteiger partial charge on any atom is 0.416 e. The Hall–Kier alpha value is -1.55. The van der Waals surface area contributed by atoms with Crippen molar-refractivity contribution in [3.63, 3.8) is 0 Å². The molecule has 1 unspecified atom stereocenters. The van der Waals surface area contributed by atoms with Crippen LogP contribution in [0.3, 0.4) is 0 Å². The van der Waals surface area contributed by atoms with Gasteiger partial charge in [0, 0.05) is 17.8 Å². The van der Waals surface area contributed by atoms with E-state index in [1.165, 1.54) is 11.0 Å². The van der Waals surface area contributed by atoms with E-state index >= 15 is 0 Å². The first kappa shape index (κ1) is 13.9. The van der Waals surface area contributed by atoms with Crippen LogP contribution in [-0.4, -0.2) is 17.3 Å². The van der Waals surface area contributed by atoms with Crippen LogP contribution in [0.4, 0.5) is 18.9 Å². The number of carbonyl (C=O) groups excluding carboxylic acids is 1. The molecule has 1 aliphatic heterocycles. The first-order valence-electron chi connectivity index (χ1n) is 5.38. The van der Waals surface area contributed by atoms with Crippen molar-refractivity contribution in [2.75, 3.05) is 11.4 Å². The van der Waals surface area contributed by atoms with Crippen LogP contribution in [0, 0.1) is 11.3 Å². The maximum absolute atomic E-state index is 12.6. The molecule has 0 radical (unpaired) electrons. The molecular weight excluding hydrogens is 325 g/mol. The Balaban J connectivity index is 2.43. The number of halogens is 4. The number of nitrogens with zero attached hydrogens (tertiary/aromatic N) is 2. The normalized spacial score (nSPS) is 19.6. The summed E-state index contributed by atoms with van der Waals surface area (Å²) in [6.07, 6.45) is -4.23. The van der Waals surface area contributed by atoms with Crippen LogP contribution in [0.5, 0.6) is 0 Å². The summed E-state index contributed by atoms with van der Waals surface area (Å²) in [6.45, 7) is 0.346. The van der Waals surface area contributed by atoms with Gasteiger partial charge >= 0.3 is 6.18 Å². The Labute approximate surface area is 115 Å². The molecule has 2 rings (SSSR count). The van der Waals surface area contributed by atoms with Crippen molar-refractivity contribution in [1.29, 1.82) is 5.26 Å². The van der Waals surface area contributed by atoms with Crippen LogP contribution in [-0.2, 0) is 11.0 Å². The number of benzene rings is 1. The summed E-state index contributed by atoms with van der Waals surface area (Å²) in [5, 5.41) is 8.95. The third kappa shape index (κ3) is 2.73. The SMILES string of the molecule is N#Cc1cc(C(F)(F)F)ccc1N1CC(Br)CC1=O. The van der Waals surface area contributed by atoms with Gasteiger partial charge in [0.1, 0.15) is 6.07 Å². The molecule has 0 aromatic heterocycles. The second-order valence-electron chi connectivity index (χ2n) is 4.15. The predicted octanol–water partition coefficient (Wildman–Crippen LogP) is 3.08. The Morgan fingerprint density at radius 1 is 1.42 bits per heavy atom. The van der Waals surface area contributed by atoms with E-state index in [0.29, 0.717) is 6.54 Å². The van der Waals surface area contributed by atoms with E-state index in [4.69, 9.17) is 5.26 Å². The van der Waals surface area contributed by atoms with Gasteiger partial charge in [-0.05, 0) is 18.2 Å². The minimum atomic E-state index is -4.50. The van der Waals surface area contributed by atoms with E-state index < -0.39 is 11.7 Å². The largest absolute Gasteiger partial charge is 0.416 e. The molecule has 0 aliphatic carbocycles. The van der Waals surface area contributed by atoms with Gasteiger partial charge in [-0.15, -0.1) is 0 Å². The maximum atomic E-state index is 12.6. The van der Waals surface area contributed by atoms with Crippen LogP contribution in [0.25, 0.3) is 0 Å². The molecule has 1 atom stereocenters. The highest BCUT2D eigenvalue weighted by Gasteiger charge is 2.34. The van der Waals surface area contributed by atoms with E-state index in [9.17, 15) is 18.0 Å². The standard InChI is InChI=1S/C12H8BrF3N2O/c13-9-4-11(19)18(6-9)10-2-1-8(12(14,15)16)3-7(10)5-17/h1-3,9H,4,6H2. The molecule has 0 saturated carbocycles. The highest BCUT2D eigenvalue weighted by Crippen LogP contribution is 2.34. The Morgan fingerprint density at radius 3 is 2.58 bits per heavy atom. The van der Waals surface area contributed by atoms with Crippen molar-refractivity contribution < 1.29 is 18.0 Å². The first-order valence-corrected chi connectivity index (χ1v) is 6.30. The van der Waals surface area contributed by atoms with Crippen LogP contribution >= 0.6 is 15.9 Å². The molecule has 1 fully saturated rings. The average molecular weight is 333 g/mol. The van der Waals surface area contributed by atoms with Crippen molar-refractivity contribution in [3.8, 4) is 6.07 Å². The molecule has 1 aliphatic rings. The molecule has 1 aromatic rings. The Kier molecular flexibility index (Phi) is 3.54. The van der Waals surface area contributed by atoms with E-state index in [1.54, 1.807) is 6.07 Å². The number of rotatable bonds is 1. The number of hydrogen-bond donors (Lipinski definition) is 0. The summed E-state index contributed by atoms with van der Waals surface area (Å²) in [4.78, 5) is 13.0. The topological polar surface area (TPSA) is 44.1 Å². The van der Waals surface area contributed by atoms with E-state index in [0.717, 1.165) is 12.1 Å². The van der Waals surface area contributed by atoms with Crippen LogP contribution in [0.1, 0.15) is 17.5 Å². The van der Waals surface area contributed by atoms with Crippen molar-refractivity contribution in [3.05, 3.63) is 29.3 Å². The van der Waals surface area contributed by atoms with Gasteiger partial charge in [0.05, 0.1) is 16.8 Å². The van der Waals surface area contributed by atoms with Crippen LogP contribution < -0.4 is 4.90 Å². The lowest BCUT2D eigenvalue weighted by molar-refractivity contribution is -0.137. The van der Waals surface area contributed by atoms with E-state index in [2.05, 4.69) is 15.9 Å². The summed E-state index contributed by atoms with van der Waals surface area (Å²) in [5.74, 6) is -0.210. The van der Waals surface area contributed by atoms with Gasteiger partial charge in [-0.1, -0.05) is 15.9 Å². The number of hydrogen-bond acceptors (Lipinski definition) is 2. The minimum Gasteiger partial charge on any atom is -0.310 e. The summed E-state index contributed by atoms with van der Waals surface area (Å²) in [5.41, 5.74) is -0.818. The first-order chi connectivity index (χ1) is 8.82. The molecule has 100 valence electrons. The molecule has 7 heteroatoms. The van der Waals surface area contributed by atoms with Gasteiger partial charge in [-0.25, -0.2) is 0 Å². The lowest BCUT2D eigenvalue weighted by atomic mass is 10.1. The van der Waals surface area contributed by atoms with Crippen molar-refractivity contribution >= 4 is 27.5 Å². The Bertz CT molecular complexity index is 565. The highest BCUT2D eigenvalue weighted by molar-refractivity contribution is 9.09. The number of nitriles is 1. The molecule has 19 heavy (non-hydrogen) atoms. The van der Waals surface area contributed by atoms with E-state index in [-0.39, 0.29) is 28.4 Å². The fraction of sp³-hybridized carbons (Fsp3) is 0.333. The summed E-state index contributed by atoms with van der Waals surface area (Å²) in [7, 11) is 0. The third-order valence-electron chi connectivity index (χ3n) is 2.81. The van der Waals surface area contributed by atoms with Gasteiger partial charge < -0.3 is 4.90 Å². The molecule has 3 nitrogen and oxygen atoms in total. The van der Waals surface area contributed by atoms with Gasteiger partial charge in [0.25, 0.3) is 0 Å². The molecular formula is C12H8BrF3N2O. The van der Waals surface area contributed by atoms with Crippen molar-refractivity contribution in [2.24, 2.45) is 0 Å². The van der Waals surface area contributed by atoms with E-state index in [1.807, 2.05) is 0 Å². The molecule has 1 saturated heterocycles. The molecule has 1 heterocycles. The average Bonchev–Trinajstić information content (AvgIpc) is 2.66. The molecule has 0 bridgehead atoms. The summed E-state index contributed by atoms with van der Waals surface area (Å²) >= 11 is 3.28. The lowest BCUT2D eigenvalue weighted by Gasteiger charge is -2.18. The molecule has 0 spiro atoms. The zero-order chi connectivity index (χ0) is 14.2. The van der Waals surface area contributed by atoms with Gasteiger partial charge in [0.15, 0.2) is 0 Å². The van der Waals surface area contributed by atoms with Gasteiger partial charge in [-0.2, -0.15) is 18.4 Å². The number of carbonyl (C=O) groups is 1. The van der Waals surface area contributed by atoms with Gasteiger partial charge in [0.2, 0.25) is 5.91 Å². The predicted molar refractivity (Wildman–Crippen MR) is 65.8 cm³/mol. The monoisotopic (exact) mass is 332 g/mol. The van der Waals surface area contributed by atoms with Crippen LogP contribution in [0.2, 0.25) is 0 Å². The zero-order valence-electron chi connectivity index (χ0n) is 9.54. The van der Waals surface area contributed by atoms with Crippen molar-refractivity contribution in [2.45, 2.75) is 17.4 Å². The summed E-state index contributed by atoms with van der Waals surface area (Å²) in [6, 6.07) is 4.53. The molecule has 0 N–H and O–H groups in total. The fourth-order valence-corrected chi connectivity index (χ4v) is 2.50. The van der Waals surface area contributed by atoms with Gasteiger partial charge in [-0.3, -0.25) is 4.79 Å². The van der Waals surface area contributed by atoms with Crippen LogP contribution in [0.15, 0.2) is 18.2 Å². The second-order valence-corrected chi connectivity index (χ2v) is 5.44. The third-order valence-corrected chi connectivity index (χ3v) is 3.43.